The number of hydrogen-bond acceptors (Lipinski definition) is 5. The van der Waals surface area contributed by atoms with Gasteiger partial charge in [-0.15, -0.1) is 10.2 Å². The maximum atomic E-state index is 12.0. The van der Waals surface area contributed by atoms with Crippen LogP contribution in [0, 0.1) is 0 Å². The van der Waals surface area contributed by atoms with E-state index in [0.717, 1.165) is 11.5 Å². The van der Waals surface area contributed by atoms with Crippen molar-refractivity contribution in [3.05, 3.63) is 18.2 Å². The molecule has 1 aliphatic carbocycles. The van der Waals surface area contributed by atoms with E-state index < -0.39 is 0 Å². The molecule has 0 aliphatic heterocycles. The zero-order valence-corrected chi connectivity index (χ0v) is 13.3. The zero-order valence-electron chi connectivity index (χ0n) is 13.3. The Balaban J connectivity index is 1.88. The molecule has 0 saturated heterocycles. The molecule has 1 saturated carbocycles. The van der Waals surface area contributed by atoms with Crippen LogP contribution in [0.2, 0.25) is 0 Å². The molecule has 0 aromatic carbocycles. The van der Waals surface area contributed by atoms with E-state index in [0.29, 0.717) is 18.3 Å². The summed E-state index contributed by atoms with van der Waals surface area (Å²) in [6, 6.07) is 0.129. The second kappa shape index (κ2) is 5.90. The fourth-order valence-corrected chi connectivity index (χ4v) is 2.55. The van der Waals surface area contributed by atoms with Crippen molar-refractivity contribution in [2.45, 2.75) is 45.6 Å². The monoisotopic (exact) mass is 302 g/mol. The van der Waals surface area contributed by atoms with Gasteiger partial charge in [-0.3, -0.25) is 9.20 Å². The number of aromatic nitrogens is 4. The quantitative estimate of drug-likeness (QED) is 0.872. The molecule has 1 N–H and O–H groups in total. The van der Waals surface area contributed by atoms with Gasteiger partial charge in [0.15, 0.2) is 5.82 Å². The van der Waals surface area contributed by atoms with Crippen LogP contribution in [-0.4, -0.2) is 44.6 Å². The van der Waals surface area contributed by atoms with Gasteiger partial charge in [0.1, 0.15) is 5.82 Å². The number of carbonyl (C=O) groups excluding carboxylic acids is 1. The third-order valence-corrected chi connectivity index (χ3v) is 3.74. The van der Waals surface area contributed by atoms with Crippen molar-refractivity contribution in [1.29, 1.82) is 0 Å². The average Bonchev–Trinajstić information content (AvgIpc) is 3.23. The molecular formula is C15H22N6O. The molecule has 0 unspecified atom stereocenters. The molecule has 118 valence electrons. The van der Waals surface area contributed by atoms with E-state index in [1.807, 2.05) is 36.3 Å². The first-order chi connectivity index (χ1) is 10.6. The van der Waals surface area contributed by atoms with E-state index in [1.54, 1.807) is 6.20 Å². The predicted octanol–water partition coefficient (Wildman–Crippen LogP) is 1.35. The summed E-state index contributed by atoms with van der Waals surface area (Å²) in [4.78, 5) is 18.4. The smallest absolute Gasteiger partial charge is 0.239 e. The van der Waals surface area contributed by atoms with Gasteiger partial charge in [-0.05, 0) is 33.6 Å². The van der Waals surface area contributed by atoms with Gasteiger partial charge >= 0.3 is 0 Å². The van der Waals surface area contributed by atoms with Gasteiger partial charge in [0.05, 0.1) is 6.54 Å². The third kappa shape index (κ3) is 2.88. The van der Waals surface area contributed by atoms with Crippen molar-refractivity contribution >= 4 is 17.4 Å². The largest absolute Gasteiger partial charge is 0.352 e. The van der Waals surface area contributed by atoms with Crippen molar-refractivity contribution in [3.63, 3.8) is 0 Å². The lowest BCUT2D eigenvalue weighted by Gasteiger charge is -2.22. The lowest BCUT2D eigenvalue weighted by atomic mass is 10.3. The number of fused-ring (bicyclic) bond motifs is 1. The molecule has 3 rings (SSSR count). The number of likely N-dealkylation sites (N-methyl/N-ethyl adjacent to an activating group) is 1. The highest BCUT2D eigenvalue weighted by Gasteiger charge is 2.29. The first kappa shape index (κ1) is 14.7. The highest BCUT2D eigenvalue weighted by molar-refractivity contribution is 5.82. The summed E-state index contributed by atoms with van der Waals surface area (Å²) in [5.74, 6) is 2.22. The highest BCUT2D eigenvalue weighted by atomic mass is 16.2. The Morgan fingerprint density at radius 3 is 2.86 bits per heavy atom. The van der Waals surface area contributed by atoms with Gasteiger partial charge in [0.25, 0.3) is 0 Å². The topological polar surface area (TPSA) is 75.4 Å². The highest BCUT2D eigenvalue weighted by Crippen LogP contribution is 2.39. The Hall–Kier alpha value is -2.18. The normalized spacial score (nSPS) is 14.5. The number of nitrogens with zero attached hydrogens (tertiary/aromatic N) is 5. The summed E-state index contributed by atoms with van der Waals surface area (Å²) in [5, 5.41) is 11.5. The van der Waals surface area contributed by atoms with Gasteiger partial charge in [0.2, 0.25) is 11.6 Å². The van der Waals surface area contributed by atoms with Gasteiger partial charge in [-0.1, -0.05) is 0 Å². The molecule has 1 amide bonds. The van der Waals surface area contributed by atoms with Crippen molar-refractivity contribution in [1.82, 2.24) is 24.9 Å². The molecule has 1 aliphatic rings. The molecule has 2 heterocycles. The number of rotatable bonds is 6. The maximum Gasteiger partial charge on any atom is 0.239 e. The number of amides is 1. The summed E-state index contributed by atoms with van der Waals surface area (Å²) in [6.45, 7) is 6.87. The van der Waals surface area contributed by atoms with E-state index in [9.17, 15) is 4.79 Å². The minimum absolute atomic E-state index is 0.0115. The van der Waals surface area contributed by atoms with Crippen LogP contribution in [0.1, 0.15) is 45.4 Å². The molecule has 2 aromatic rings. The Morgan fingerprint density at radius 2 is 2.23 bits per heavy atom. The van der Waals surface area contributed by atoms with Crippen LogP contribution in [0.15, 0.2) is 12.4 Å². The van der Waals surface area contributed by atoms with Crippen LogP contribution in [0.3, 0.4) is 0 Å². The second-order valence-electron chi connectivity index (χ2n) is 6.01. The predicted molar refractivity (Wildman–Crippen MR) is 83.9 cm³/mol. The van der Waals surface area contributed by atoms with Gasteiger partial charge < -0.3 is 10.2 Å². The lowest BCUT2D eigenvalue weighted by molar-refractivity contribution is -0.120. The molecule has 1 fully saturated rings. The van der Waals surface area contributed by atoms with Crippen LogP contribution in [0.25, 0.3) is 5.65 Å². The summed E-state index contributed by atoms with van der Waals surface area (Å²) in [7, 11) is 0. The molecule has 0 bridgehead atoms. The van der Waals surface area contributed by atoms with Crippen LogP contribution >= 0.6 is 0 Å². The third-order valence-electron chi connectivity index (χ3n) is 3.74. The van der Waals surface area contributed by atoms with E-state index in [2.05, 4.69) is 20.5 Å². The molecule has 7 heteroatoms. The Kier molecular flexibility index (Phi) is 3.96. The van der Waals surface area contributed by atoms with Gasteiger partial charge in [-0.2, -0.15) is 0 Å². The molecule has 22 heavy (non-hydrogen) atoms. The van der Waals surface area contributed by atoms with E-state index >= 15 is 0 Å². The molecule has 0 atom stereocenters. The summed E-state index contributed by atoms with van der Waals surface area (Å²) in [5.41, 5.74) is 0.726. The van der Waals surface area contributed by atoms with Crippen molar-refractivity contribution in [3.8, 4) is 0 Å². The number of nitrogens with one attached hydrogen (secondary N) is 1. The molecule has 7 nitrogen and oxygen atoms in total. The Morgan fingerprint density at radius 1 is 1.45 bits per heavy atom. The van der Waals surface area contributed by atoms with Gasteiger partial charge in [-0.25, -0.2) is 4.98 Å². The Bertz CT molecular complexity index is 676. The second-order valence-corrected chi connectivity index (χ2v) is 6.01. The minimum atomic E-state index is -0.0115. The fourth-order valence-electron chi connectivity index (χ4n) is 2.55. The summed E-state index contributed by atoms with van der Waals surface area (Å²) >= 11 is 0. The molecule has 0 radical (unpaired) electrons. The van der Waals surface area contributed by atoms with Crippen molar-refractivity contribution in [2.75, 3.05) is 18.0 Å². The van der Waals surface area contributed by atoms with E-state index in [1.165, 1.54) is 12.8 Å². The number of hydrogen-bond donors (Lipinski definition) is 1. The van der Waals surface area contributed by atoms with Crippen LogP contribution in [0.5, 0.6) is 0 Å². The molecular weight excluding hydrogens is 280 g/mol. The fraction of sp³-hybridized carbons (Fsp3) is 0.600. The van der Waals surface area contributed by atoms with E-state index in [4.69, 9.17) is 0 Å². The maximum absolute atomic E-state index is 12.0. The van der Waals surface area contributed by atoms with Crippen molar-refractivity contribution in [2.24, 2.45) is 0 Å². The zero-order chi connectivity index (χ0) is 15.7. The number of anilines is 1. The minimum Gasteiger partial charge on any atom is -0.352 e. The van der Waals surface area contributed by atoms with Gasteiger partial charge in [0, 0.05) is 30.9 Å². The van der Waals surface area contributed by atoms with Crippen LogP contribution < -0.4 is 10.2 Å². The molecule has 0 spiro atoms. The van der Waals surface area contributed by atoms with Crippen molar-refractivity contribution < 1.29 is 4.79 Å². The number of carbonyl (C=O) groups is 1. The van der Waals surface area contributed by atoms with Crippen LogP contribution in [0.4, 0.5) is 5.82 Å². The lowest BCUT2D eigenvalue weighted by Crippen LogP contribution is -2.40. The van der Waals surface area contributed by atoms with Crippen LogP contribution in [-0.2, 0) is 4.79 Å². The van der Waals surface area contributed by atoms with E-state index in [-0.39, 0.29) is 18.5 Å². The molecule has 2 aromatic heterocycles. The Labute approximate surface area is 129 Å². The average molecular weight is 302 g/mol. The first-order valence-electron chi connectivity index (χ1n) is 7.84. The summed E-state index contributed by atoms with van der Waals surface area (Å²) in [6.07, 6.45) is 5.99. The first-order valence-corrected chi connectivity index (χ1v) is 7.84. The standard InChI is InChI=1S/C15H22N6O/c1-4-20(9-12(22)17-10(2)3)14-15-19-18-13(11-5-6-11)21(15)8-7-16-14/h7-8,10-11H,4-6,9H2,1-3H3,(H,17,22). The SMILES string of the molecule is CCN(CC(=O)NC(C)C)c1nccn2c(C3CC3)nnc12. The summed E-state index contributed by atoms with van der Waals surface area (Å²) < 4.78 is 2.00.